The lowest BCUT2D eigenvalue weighted by atomic mass is 9.86. The van der Waals surface area contributed by atoms with Crippen LogP contribution in [-0.4, -0.2) is 38.2 Å². The summed E-state index contributed by atoms with van der Waals surface area (Å²) in [5.41, 5.74) is 3.02. The van der Waals surface area contributed by atoms with Crippen LogP contribution >= 0.6 is 0 Å². The zero-order valence-electron chi connectivity index (χ0n) is 11.1. The average Bonchev–Trinajstić information content (AvgIpc) is 2.47. The molecule has 1 aromatic carbocycles. The summed E-state index contributed by atoms with van der Waals surface area (Å²) in [6, 6.07) is 7.20. The Balaban J connectivity index is 1.89. The molecule has 0 amide bonds. The Labute approximate surface area is 109 Å². The van der Waals surface area contributed by atoms with Crippen LogP contribution < -0.4 is 10.1 Å². The highest BCUT2D eigenvalue weighted by Gasteiger charge is 2.27. The maximum atomic E-state index is 5.39. The third-order valence-electron chi connectivity index (χ3n) is 4.23. The minimum Gasteiger partial charge on any atom is -0.497 e. The molecule has 1 aromatic rings. The molecule has 0 spiro atoms. The quantitative estimate of drug-likeness (QED) is 0.863. The normalized spacial score (nSPS) is 24.6. The molecule has 1 aliphatic carbocycles. The van der Waals surface area contributed by atoms with E-state index in [1.807, 2.05) is 0 Å². The standard InChI is InChI=1S/C15H22N2O/c1-18-13-6-5-12-3-2-4-15(14(12)11-13)17-9-7-16-8-10-17/h5-6,11,15-16H,2-4,7-10H2,1H3. The van der Waals surface area contributed by atoms with Crippen molar-refractivity contribution in [2.75, 3.05) is 33.3 Å². The van der Waals surface area contributed by atoms with Crippen molar-refractivity contribution >= 4 is 0 Å². The second kappa shape index (κ2) is 5.29. The number of methoxy groups -OCH3 is 1. The minimum atomic E-state index is 0.603. The van der Waals surface area contributed by atoms with Crippen molar-refractivity contribution in [3.63, 3.8) is 0 Å². The number of nitrogens with zero attached hydrogens (tertiary/aromatic N) is 1. The van der Waals surface area contributed by atoms with Crippen molar-refractivity contribution in [3.8, 4) is 5.75 Å². The lowest BCUT2D eigenvalue weighted by Crippen LogP contribution is -2.45. The highest BCUT2D eigenvalue weighted by atomic mass is 16.5. The molecule has 0 saturated carbocycles. The van der Waals surface area contributed by atoms with Gasteiger partial charge < -0.3 is 10.1 Å². The second-order valence-electron chi connectivity index (χ2n) is 5.26. The molecule has 1 unspecified atom stereocenters. The van der Waals surface area contributed by atoms with Gasteiger partial charge in [-0.15, -0.1) is 0 Å². The highest BCUT2D eigenvalue weighted by Crippen LogP contribution is 2.36. The third-order valence-corrected chi connectivity index (χ3v) is 4.23. The van der Waals surface area contributed by atoms with Crippen LogP contribution in [0.2, 0.25) is 0 Å². The van der Waals surface area contributed by atoms with Gasteiger partial charge in [-0.05, 0) is 42.5 Å². The van der Waals surface area contributed by atoms with Gasteiger partial charge in [0.2, 0.25) is 0 Å². The zero-order chi connectivity index (χ0) is 12.4. The van der Waals surface area contributed by atoms with Gasteiger partial charge in [0.15, 0.2) is 0 Å². The first-order chi connectivity index (χ1) is 8.88. The molecule has 0 aromatic heterocycles. The van der Waals surface area contributed by atoms with Crippen molar-refractivity contribution in [3.05, 3.63) is 29.3 Å². The van der Waals surface area contributed by atoms with Crippen LogP contribution in [0.4, 0.5) is 0 Å². The molecule has 1 heterocycles. The summed E-state index contributed by atoms with van der Waals surface area (Å²) >= 11 is 0. The molecule has 3 rings (SSSR count). The first-order valence-corrected chi connectivity index (χ1v) is 7.00. The zero-order valence-corrected chi connectivity index (χ0v) is 11.1. The predicted octanol–water partition coefficient (Wildman–Crippen LogP) is 1.98. The molecule has 1 saturated heterocycles. The molecule has 2 aliphatic rings. The van der Waals surface area contributed by atoms with E-state index in [9.17, 15) is 0 Å². The number of hydrogen-bond donors (Lipinski definition) is 1. The van der Waals surface area contributed by atoms with Gasteiger partial charge in [0.05, 0.1) is 7.11 Å². The van der Waals surface area contributed by atoms with Crippen LogP contribution in [0.25, 0.3) is 0 Å². The molecule has 1 fully saturated rings. The average molecular weight is 246 g/mol. The molecule has 18 heavy (non-hydrogen) atoms. The van der Waals surface area contributed by atoms with Gasteiger partial charge >= 0.3 is 0 Å². The number of hydrogen-bond acceptors (Lipinski definition) is 3. The second-order valence-corrected chi connectivity index (χ2v) is 5.26. The van der Waals surface area contributed by atoms with Crippen molar-refractivity contribution < 1.29 is 4.74 Å². The highest BCUT2D eigenvalue weighted by molar-refractivity contribution is 5.39. The van der Waals surface area contributed by atoms with Crippen molar-refractivity contribution in [2.24, 2.45) is 0 Å². The van der Waals surface area contributed by atoms with Crippen LogP contribution in [0.3, 0.4) is 0 Å². The van der Waals surface area contributed by atoms with Gasteiger partial charge in [-0.2, -0.15) is 0 Å². The molecular weight excluding hydrogens is 224 g/mol. The van der Waals surface area contributed by atoms with Crippen LogP contribution in [0.5, 0.6) is 5.75 Å². The summed E-state index contributed by atoms with van der Waals surface area (Å²) in [6.45, 7) is 4.58. The Bertz CT molecular complexity index is 413. The van der Waals surface area contributed by atoms with Gasteiger partial charge in [0.25, 0.3) is 0 Å². The van der Waals surface area contributed by atoms with E-state index in [0.717, 1.165) is 18.8 Å². The maximum absolute atomic E-state index is 5.39. The van der Waals surface area contributed by atoms with E-state index >= 15 is 0 Å². The van der Waals surface area contributed by atoms with Gasteiger partial charge in [0, 0.05) is 32.2 Å². The first-order valence-electron chi connectivity index (χ1n) is 7.00. The van der Waals surface area contributed by atoms with Crippen LogP contribution in [0.15, 0.2) is 18.2 Å². The van der Waals surface area contributed by atoms with Crippen LogP contribution in [-0.2, 0) is 6.42 Å². The Morgan fingerprint density at radius 3 is 2.89 bits per heavy atom. The van der Waals surface area contributed by atoms with E-state index < -0.39 is 0 Å². The van der Waals surface area contributed by atoms with Crippen LogP contribution in [0.1, 0.15) is 30.0 Å². The SMILES string of the molecule is COc1ccc2c(c1)C(N1CCNCC1)CCC2. The summed E-state index contributed by atoms with van der Waals surface area (Å²) in [6.07, 6.45) is 3.83. The molecule has 3 heteroatoms. The van der Waals surface area contributed by atoms with Gasteiger partial charge in [-0.3, -0.25) is 4.90 Å². The molecule has 98 valence electrons. The fourth-order valence-electron chi connectivity index (χ4n) is 3.25. The molecular formula is C15H22N2O. The van der Waals surface area contributed by atoms with E-state index in [1.165, 1.54) is 43.5 Å². The summed E-state index contributed by atoms with van der Waals surface area (Å²) in [7, 11) is 1.75. The number of ether oxygens (including phenoxy) is 1. The topological polar surface area (TPSA) is 24.5 Å². The van der Waals surface area contributed by atoms with Gasteiger partial charge in [-0.1, -0.05) is 6.07 Å². The number of fused-ring (bicyclic) bond motifs is 1. The maximum Gasteiger partial charge on any atom is 0.119 e. The smallest absolute Gasteiger partial charge is 0.119 e. The van der Waals surface area contributed by atoms with Crippen molar-refractivity contribution in [2.45, 2.75) is 25.3 Å². The fraction of sp³-hybridized carbons (Fsp3) is 0.600. The van der Waals surface area contributed by atoms with Gasteiger partial charge in [0.1, 0.15) is 5.75 Å². The number of rotatable bonds is 2. The molecule has 1 aliphatic heterocycles. The number of benzene rings is 1. The summed E-state index contributed by atoms with van der Waals surface area (Å²) < 4.78 is 5.39. The number of aryl methyl sites for hydroxylation is 1. The molecule has 0 radical (unpaired) electrons. The lowest BCUT2D eigenvalue weighted by Gasteiger charge is -2.38. The van der Waals surface area contributed by atoms with Crippen LogP contribution in [0, 0.1) is 0 Å². The van der Waals surface area contributed by atoms with Gasteiger partial charge in [-0.25, -0.2) is 0 Å². The Kier molecular flexibility index (Phi) is 3.52. The fourth-order valence-corrected chi connectivity index (χ4v) is 3.25. The monoisotopic (exact) mass is 246 g/mol. The van der Waals surface area contributed by atoms with E-state index in [4.69, 9.17) is 4.74 Å². The number of piperazine rings is 1. The molecule has 3 nitrogen and oxygen atoms in total. The summed E-state index contributed by atoms with van der Waals surface area (Å²) in [5, 5.41) is 3.43. The molecule has 1 N–H and O–H groups in total. The van der Waals surface area contributed by atoms with Crippen molar-refractivity contribution in [1.29, 1.82) is 0 Å². The molecule has 0 bridgehead atoms. The summed E-state index contributed by atoms with van der Waals surface area (Å²) in [5.74, 6) is 0.996. The lowest BCUT2D eigenvalue weighted by molar-refractivity contribution is 0.157. The van der Waals surface area contributed by atoms with Crippen molar-refractivity contribution in [1.82, 2.24) is 10.2 Å². The largest absolute Gasteiger partial charge is 0.497 e. The van der Waals surface area contributed by atoms with E-state index in [-0.39, 0.29) is 0 Å². The number of nitrogens with one attached hydrogen (secondary N) is 1. The van der Waals surface area contributed by atoms with E-state index in [0.29, 0.717) is 6.04 Å². The summed E-state index contributed by atoms with van der Waals surface area (Å²) in [4.78, 5) is 2.63. The first kappa shape index (κ1) is 12.0. The van der Waals surface area contributed by atoms with E-state index in [1.54, 1.807) is 7.11 Å². The van der Waals surface area contributed by atoms with E-state index in [2.05, 4.69) is 28.4 Å². The minimum absolute atomic E-state index is 0.603. The predicted molar refractivity (Wildman–Crippen MR) is 73.1 cm³/mol. The third kappa shape index (κ3) is 2.25. The Morgan fingerprint density at radius 1 is 1.28 bits per heavy atom. The Morgan fingerprint density at radius 2 is 2.11 bits per heavy atom. The molecule has 1 atom stereocenters. The Hall–Kier alpha value is -1.06.